The number of carbonyl (C=O) groups is 1. The van der Waals surface area contributed by atoms with Gasteiger partial charge in [-0.1, -0.05) is 30.3 Å². The number of benzene rings is 2. The highest BCUT2D eigenvalue weighted by molar-refractivity contribution is 6.00. The van der Waals surface area contributed by atoms with Gasteiger partial charge in [0.25, 0.3) is 5.91 Å². The molecule has 21 heavy (non-hydrogen) atoms. The molecule has 2 aliphatic heterocycles. The number of ether oxygens (including phenoxy) is 2. The first-order valence-electron chi connectivity index (χ1n) is 6.97. The van der Waals surface area contributed by atoms with E-state index in [0.29, 0.717) is 13.2 Å². The molecule has 0 saturated carbocycles. The second kappa shape index (κ2) is 4.33. The van der Waals surface area contributed by atoms with E-state index in [1.54, 1.807) is 7.11 Å². The van der Waals surface area contributed by atoms with Crippen molar-refractivity contribution in [3.63, 3.8) is 0 Å². The molecule has 1 fully saturated rings. The van der Waals surface area contributed by atoms with E-state index in [1.165, 1.54) is 0 Å². The lowest BCUT2D eigenvalue weighted by Crippen LogP contribution is -2.40. The number of carbonyl (C=O) groups excluding carboxylic acids is 1. The van der Waals surface area contributed by atoms with E-state index in [0.717, 1.165) is 22.4 Å². The molecular weight excluding hydrogens is 266 g/mol. The minimum atomic E-state index is -0.778. The molecule has 2 aromatic carbocycles. The van der Waals surface area contributed by atoms with Crippen molar-refractivity contribution in [2.24, 2.45) is 0 Å². The molecular formula is C17H15NO3. The van der Waals surface area contributed by atoms with Crippen LogP contribution in [-0.2, 0) is 10.5 Å². The van der Waals surface area contributed by atoms with E-state index in [2.05, 4.69) is 0 Å². The number of fused-ring (bicyclic) bond motifs is 3. The summed E-state index contributed by atoms with van der Waals surface area (Å²) in [7, 11) is 1.64. The van der Waals surface area contributed by atoms with Crippen LogP contribution in [0.1, 0.15) is 21.5 Å². The van der Waals surface area contributed by atoms with Crippen LogP contribution >= 0.6 is 0 Å². The molecule has 106 valence electrons. The van der Waals surface area contributed by atoms with Gasteiger partial charge in [0.1, 0.15) is 5.75 Å². The van der Waals surface area contributed by atoms with Crippen LogP contribution in [0.3, 0.4) is 0 Å². The van der Waals surface area contributed by atoms with Gasteiger partial charge in [-0.2, -0.15) is 0 Å². The first-order valence-corrected chi connectivity index (χ1v) is 6.97. The molecule has 1 amide bonds. The van der Waals surface area contributed by atoms with Gasteiger partial charge in [0.15, 0.2) is 5.72 Å². The maximum Gasteiger partial charge on any atom is 0.257 e. The zero-order valence-corrected chi connectivity index (χ0v) is 11.7. The highest BCUT2D eigenvalue weighted by Gasteiger charge is 2.54. The van der Waals surface area contributed by atoms with Crippen LogP contribution < -0.4 is 4.74 Å². The van der Waals surface area contributed by atoms with Gasteiger partial charge in [0, 0.05) is 23.2 Å². The number of hydrogen-bond acceptors (Lipinski definition) is 3. The first kappa shape index (κ1) is 12.4. The maximum atomic E-state index is 12.6. The zero-order valence-electron chi connectivity index (χ0n) is 11.7. The second-order valence-corrected chi connectivity index (χ2v) is 5.22. The fraction of sp³-hybridized carbons (Fsp3) is 0.235. The summed E-state index contributed by atoms with van der Waals surface area (Å²) in [6.45, 7) is 1.16. The lowest BCUT2D eigenvalue weighted by Gasteiger charge is -2.32. The van der Waals surface area contributed by atoms with E-state index < -0.39 is 5.72 Å². The molecule has 0 N–H and O–H groups in total. The monoisotopic (exact) mass is 281 g/mol. The van der Waals surface area contributed by atoms with Gasteiger partial charge in [-0.15, -0.1) is 0 Å². The van der Waals surface area contributed by atoms with Gasteiger partial charge in [-0.25, -0.2) is 0 Å². The van der Waals surface area contributed by atoms with Crippen molar-refractivity contribution in [1.29, 1.82) is 0 Å². The molecule has 0 aromatic heterocycles. The van der Waals surface area contributed by atoms with Crippen molar-refractivity contribution in [2.45, 2.75) is 5.72 Å². The van der Waals surface area contributed by atoms with Crippen molar-refractivity contribution in [3.05, 3.63) is 65.2 Å². The molecule has 2 aliphatic rings. The standard InChI is InChI=1S/C17H15NO3/c1-20-13-8-6-12(7-9-13)17-15-5-3-2-4-14(15)16(19)18(17)10-11-21-17/h2-9H,10-11H2,1H3/t17-/m1/s1. The molecule has 4 rings (SSSR count). The summed E-state index contributed by atoms with van der Waals surface area (Å²) < 4.78 is 11.3. The lowest BCUT2D eigenvalue weighted by atomic mass is 9.94. The Morgan fingerprint density at radius 3 is 2.67 bits per heavy atom. The van der Waals surface area contributed by atoms with Crippen LogP contribution in [0.15, 0.2) is 48.5 Å². The maximum absolute atomic E-state index is 12.6. The molecule has 0 radical (unpaired) electrons. The first-order chi connectivity index (χ1) is 10.3. The zero-order chi connectivity index (χ0) is 14.4. The van der Waals surface area contributed by atoms with Crippen molar-refractivity contribution in [2.75, 3.05) is 20.3 Å². The van der Waals surface area contributed by atoms with Crippen LogP contribution in [0, 0.1) is 0 Å². The van der Waals surface area contributed by atoms with Crippen molar-refractivity contribution >= 4 is 5.91 Å². The fourth-order valence-corrected chi connectivity index (χ4v) is 3.31. The SMILES string of the molecule is COc1ccc([C@]23OCCN2C(=O)c2ccccc23)cc1. The molecule has 4 nitrogen and oxygen atoms in total. The molecule has 2 heterocycles. The summed E-state index contributed by atoms with van der Waals surface area (Å²) in [6.07, 6.45) is 0. The Morgan fingerprint density at radius 1 is 1.14 bits per heavy atom. The van der Waals surface area contributed by atoms with Gasteiger partial charge in [-0.05, 0) is 18.2 Å². The Morgan fingerprint density at radius 2 is 1.90 bits per heavy atom. The smallest absolute Gasteiger partial charge is 0.257 e. The fourth-order valence-electron chi connectivity index (χ4n) is 3.31. The number of nitrogens with zero attached hydrogens (tertiary/aromatic N) is 1. The largest absolute Gasteiger partial charge is 0.497 e. The molecule has 1 saturated heterocycles. The van der Waals surface area contributed by atoms with Crippen molar-refractivity contribution < 1.29 is 14.3 Å². The molecule has 0 spiro atoms. The van der Waals surface area contributed by atoms with Gasteiger partial charge < -0.3 is 9.47 Å². The Hall–Kier alpha value is -2.33. The summed E-state index contributed by atoms with van der Waals surface area (Å²) in [6, 6.07) is 15.4. The van der Waals surface area contributed by atoms with E-state index in [9.17, 15) is 4.79 Å². The third-order valence-electron chi connectivity index (χ3n) is 4.25. The normalized spacial score (nSPS) is 23.1. The van der Waals surface area contributed by atoms with Crippen molar-refractivity contribution in [3.8, 4) is 5.75 Å². The average Bonchev–Trinajstić information content (AvgIpc) is 3.08. The topological polar surface area (TPSA) is 38.8 Å². The summed E-state index contributed by atoms with van der Waals surface area (Å²) in [5.41, 5.74) is 1.84. The Balaban J connectivity index is 1.93. The minimum absolute atomic E-state index is 0.0407. The average molecular weight is 281 g/mol. The van der Waals surface area contributed by atoms with Crippen LogP contribution in [-0.4, -0.2) is 31.1 Å². The molecule has 4 heteroatoms. The molecule has 0 bridgehead atoms. The predicted octanol–water partition coefficient (Wildman–Crippen LogP) is 2.38. The molecule has 1 atom stereocenters. The van der Waals surface area contributed by atoms with Crippen LogP contribution in [0.25, 0.3) is 0 Å². The van der Waals surface area contributed by atoms with Gasteiger partial charge in [-0.3, -0.25) is 9.69 Å². The van der Waals surface area contributed by atoms with E-state index in [1.807, 2.05) is 53.4 Å². The van der Waals surface area contributed by atoms with Gasteiger partial charge in [0.2, 0.25) is 0 Å². The minimum Gasteiger partial charge on any atom is -0.497 e. The summed E-state index contributed by atoms with van der Waals surface area (Å²) in [4.78, 5) is 14.4. The van der Waals surface area contributed by atoms with Crippen LogP contribution in [0.4, 0.5) is 0 Å². The lowest BCUT2D eigenvalue weighted by molar-refractivity contribution is -0.0304. The highest BCUT2D eigenvalue weighted by Crippen LogP contribution is 2.47. The Labute approximate surface area is 122 Å². The number of rotatable bonds is 2. The Bertz CT molecular complexity index is 710. The van der Waals surface area contributed by atoms with E-state index in [-0.39, 0.29) is 5.91 Å². The summed E-state index contributed by atoms with van der Waals surface area (Å²) in [5.74, 6) is 0.830. The summed E-state index contributed by atoms with van der Waals surface area (Å²) in [5, 5.41) is 0. The highest BCUT2D eigenvalue weighted by atomic mass is 16.5. The third-order valence-corrected chi connectivity index (χ3v) is 4.25. The number of amides is 1. The second-order valence-electron chi connectivity index (χ2n) is 5.22. The molecule has 2 aromatic rings. The predicted molar refractivity (Wildman–Crippen MR) is 77.2 cm³/mol. The van der Waals surface area contributed by atoms with E-state index >= 15 is 0 Å². The third kappa shape index (κ3) is 1.51. The van der Waals surface area contributed by atoms with E-state index in [4.69, 9.17) is 9.47 Å². The molecule has 0 unspecified atom stereocenters. The van der Waals surface area contributed by atoms with Crippen molar-refractivity contribution in [1.82, 2.24) is 4.90 Å². The Kier molecular flexibility index (Phi) is 2.56. The molecule has 0 aliphatic carbocycles. The summed E-state index contributed by atoms with van der Waals surface area (Å²) >= 11 is 0. The van der Waals surface area contributed by atoms with Crippen LogP contribution in [0.2, 0.25) is 0 Å². The van der Waals surface area contributed by atoms with Gasteiger partial charge >= 0.3 is 0 Å². The number of hydrogen-bond donors (Lipinski definition) is 0. The quantitative estimate of drug-likeness (QED) is 0.848. The van der Waals surface area contributed by atoms with Crippen LogP contribution in [0.5, 0.6) is 5.75 Å². The van der Waals surface area contributed by atoms with Gasteiger partial charge in [0.05, 0.1) is 13.7 Å². The number of methoxy groups -OCH3 is 1.